The van der Waals surface area contributed by atoms with Gasteiger partial charge in [-0.05, 0) is 19.1 Å². The standard InChI is InChI=1S/C12H13N5O3/c1-8(12(19)20-2)16-11(18)9-3-4-10(14-5-9)17-7-13-6-15-17/h3-8H,1-2H3,(H,16,18). The number of methoxy groups -OCH3 is 1. The van der Waals surface area contributed by atoms with Gasteiger partial charge in [-0.2, -0.15) is 5.10 Å². The van der Waals surface area contributed by atoms with Gasteiger partial charge in [-0.25, -0.2) is 19.4 Å². The summed E-state index contributed by atoms with van der Waals surface area (Å²) in [6.07, 6.45) is 4.29. The quantitative estimate of drug-likeness (QED) is 0.786. The van der Waals surface area contributed by atoms with Crippen molar-refractivity contribution in [1.82, 2.24) is 25.1 Å². The van der Waals surface area contributed by atoms with Gasteiger partial charge in [0.25, 0.3) is 5.91 Å². The van der Waals surface area contributed by atoms with Gasteiger partial charge in [0.15, 0.2) is 5.82 Å². The maximum absolute atomic E-state index is 11.9. The third kappa shape index (κ3) is 2.97. The average molecular weight is 275 g/mol. The fourth-order valence-electron chi connectivity index (χ4n) is 1.50. The normalized spacial score (nSPS) is 11.7. The van der Waals surface area contributed by atoms with Crippen LogP contribution in [0.5, 0.6) is 0 Å². The molecule has 1 N–H and O–H groups in total. The summed E-state index contributed by atoms with van der Waals surface area (Å²) in [4.78, 5) is 31.0. The molecule has 0 aromatic carbocycles. The van der Waals surface area contributed by atoms with E-state index < -0.39 is 17.9 Å². The molecular formula is C12H13N5O3. The third-order valence-electron chi connectivity index (χ3n) is 2.57. The number of rotatable bonds is 4. The van der Waals surface area contributed by atoms with E-state index >= 15 is 0 Å². The molecule has 104 valence electrons. The number of carbonyl (C=O) groups excluding carboxylic acids is 2. The molecule has 0 saturated carbocycles. The van der Waals surface area contributed by atoms with E-state index in [9.17, 15) is 9.59 Å². The van der Waals surface area contributed by atoms with Crippen molar-refractivity contribution in [3.8, 4) is 5.82 Å². The molecule has 1 amide bonds. The molecule has 8 heteroatoms. The number of nitrogens with one attached hydrogen (secondary N) is 1. The van der Waals surface area contributed by atoms with Crippen molar-refractivity contribution in [1.29, 1.82) is 0 Å². The highest BCUT2D eigenvalue weighted by atomic mass is 16.5. The number of carbonyl (C=O) groups is 2. The lowest BCUT2D eigenvalue weighted by Crippen LogP contribution is -2.39. The SMILES string of the molecule is COC(=O)C(C)NC(=O)c1ccc(-n2cncn2)nc1. The average Bonchev–Trinajstić information content (AvgIpc) is 3.00. The van der Waals surface area contributed by atoms with Gasteiger partial charge in [-0.15, -0.1) is 0 Å². The van der Waals surface area contributed by atoms with Crippen LogP contribution in [-0.2, 0) is 9.53 Å². The zero-order valence-corrected chi connectivity index (χ0v) is 11.0. The van der Waals surface area contributed by atoms with Crippen LogP contribution >= 0.6 is 0 Å². The molecule has 2 rings (SSSR count). The molecule has 0 aliphatic heterocycles. The van der Waals surface area contributed by atoms with Gasteiger partial charge in [0.2, 0.25) is 0 Å². The molecule has 2 aromatic rings. The lowest BCUT2D eigenvalue weighted by molar-refractivity contribution is -0.142. The first kappa shape index (κ1) is 13.7. The molecule has 0 radical (unpaired) electrons. The van der Waals surface area contributed by atoms with E-state index in [0.717, 1.165) is 0 Å². The summed E-state index contributed by atoms with van der Waals surface area (Å²) in [6, 6.07) is 2.50. The van der Waals surface area contributed by atoms with Gasteiger partial charge in [-0.3, -0.25) is 4.79 Å². The van der Waals surface area contributed by atoms with E-state index in [4.69, 9.17) is 0 Å². The molecule has 1 atom stereocenters. The molecule has 0 aliphatic rings. The molecule has 0 aliphatic carbocycles. The Kier molecular flexibility index (Phi) is 4.04. The van der Waals surface area contributed by atoms with E-state index in [2.05, 4.69) is 25.1 Å². The lowest BCUT2D eigenvalue weighted by atomic mass is 10.2. The Morgan fingerprint density at radius 1 is 1.40 bits per heavy atom. The summed E-state index contributed by atoms with van der Waals surface area (Å²) in [7, 11) is 1.26. The largest absolute Gasteiger partial charge is 0.467 e. The number of aromatic nitrogens is 4. The smallest absolute Gasteiger partial charge is 0.328 e. The zero-order chi connectivity index (χ0) is 14.5. The third-order valence-corrected chi connectivity index (χ3v) is 2.57. The first-order chi connectivity index (χ1) is 9.61. The van der Waals surface area contributed by atoms with Crippen LogP contribution in [0.2, 0.25) is 0 Å². The fraction of sp³-hybridized carbons (Fsp3) is 0.250. The minimum Gasteiger partial charge on any atom is -0.467 e. The van der Waals surface area contributed by atoms with Gasteiger partial charge in [0.1, 0.15) is 18.7 Å². The van der Waals surface area contributed by atoms with Crippen LogP contribution in [0.15, 0.2) is 31.0 Å². The minimum atomic E-state index is -0.720. The lowest BCUT2D eigenvalue weighted by Gasteiger charge is -2.11. The van der Waals surface area contributed by atoms with Gasteiger partial charge in [0.05, 0.1) is 12.7 Å². The maximum Gasteiger partial charge on any atom is 0.328 e. The zero-order valence-electron chi connectivity index (χ0n) is 11.0. The summed E-state index contributed by atoms with van der Waals surface area (Å²) in [5.74, 6) is -0.369. The summed E-state index contributed by atoms with van der Waals surface area (Å²) >= 11 is 0. The van der Waals surface area contributed by atoms with Crippen LogP contribution in [-0.4, -0.2) is 44.8 Å². The second-order valence-corrected chi connectivity index (χ2v) is 3.96. The van der Waals surface area contributed by atoms with Crippen LogP contribution in [0.25, 0.3) is 5.82 Å². The van der Waals surface area contributed by atoms with Crippen molar-refractivity contribution in [2.45, 2.75) is 13.0 Å². The first-order valence-electron chi connectivity index (χ1n) is 5.81. The number of pyridine rings is 1. The molecule has 0 saturated heterocycles. The topological polar surface area (TPSA) is 99.0 Å². The van der Waals surface area contributed by atoms with Crippen LogP contribution in [0.4, 0.5) is 0 Å². The minimum absolute atomic E-state index is 0.338. The fourth-order valence-corrected chi connectivity index (χ4v) is 1.50. The van der Waals surface area contributed by atoms with E-state index in [0.29, 0.717) is 11.4 Å². The Morgan fingerprint density at radius 3 is 2.75 bits per heavy atom. The number of esters is 1. The highest BCUT2D eigenvalue weighted by Crippen LogP contribution is 2.04. The number of nitrogens with zero attached hydrogens (tertiary/aromatic N) is 4. The van der Waals surface area contributed by atoms with Crippen molar-refractivity contribution >= 4 is 11.9 Å². The number of amides is 1. The molecule has 20 heavy (non-hydrogen) atoms. The Morgan fingerprint density at radius 2 is 2.20 bits per heavy atom. The Bertz CT molecular complexity index is 594. The van der Waals surface area contributed by atoms with Crippen LogP contribution in [0.3, 0.4) is 0 Å². The highest BCUT2D eigenvalue weighted by molar-refractivity contribution is 5.96. The predicted molar refractivity (Wildman–Crippen MR) is 68.1 cm³/mol. The van der Waals surface area contributed by atoms with Crippen molar-refractivity contribution in [2.75, 3.05) is 7.11 Å². The number of ether oxygens (including phenoxy) is 1. The molecule has 0 spiro atoms. The van der Waals surface area contributed by atoms with Gasteiger partial charge < -0.3 is 10.1 Å². The molecule has 2 aromatic heterocycles. The second kappa shape index (κ2) is 5.91. The number of hydrogen-bond donors (Lipinski definition) is 1. The summed E-state index contributed by atoms with van der Waals surface area (Å²) in [6.45, 7) is 1.54. The molecule has 0 fully saturated rings. The summed E-state index contributed by atoms with van der Waals surface area (Å²) < 4.78 is 6.00. The molecule has 8 nitrogen and oxygen atoms in total. The van der Waals surface area contributed by atoms with Crippen LogP contribution in [0.1, 0.15) is 17.3 Å². The van der Waals surface area contributed by atoms with E-state index in [1.165, 1.54) is 30.6 Å². The van der Waals surface area contributed by atoms with E-state index in [1.54, 1.807) is 19.1 Å². The predicted octanol–water partition coefficient (Wildman–Crippen LogP) is -0.0464. The molecule has 1 unspecified atom stereocenters. The molecule has 0 bridgehead atoms. The van der Waals surface area contributed by atoms with Crippen LogP contribution < -0.4 is 5.32 Å². The van der Waals surface area contributed by atoms with Gasteiger partial charge in [0, 0.05) is 6.20 Å². The van der Waals surface area contributed by atoms with E-state index in [1.807, 2.05) is 0 Å². The Hall–Kier alpha value is -2.77. The van der Waals surface area contributed by atoms with E-state index in [-0.39, 0.29) is 0 Å². The Balaban J connectivity index is 2.06. The van der Waals surface area contributed by atoms with Gasteiger partial charge in [-0.1, -0.05) is 0 Å². The van der Waals surface area contributed by atoms with Crippen molar-refractivity contribution in [3.63, 3.8) is 0 Å². The van der Waals surface area contributed by atoms with Crippen molar-refractivity contribution in [2.24, 2.45) is 0 Å². The summed E-state index contributed by atoms with van der Waals surface area (Å²) in [5, 5.41) is 6.44. The van der Waals surface area contributed by atoms with Crippen molar-refractivity contribution in [3.05, 3.63) is 36.5 Å². The van der Waals surface area contributed by atoms with Crippen LogP contribution in [0, 0.1) is 0 Å². The van der Waals surface area contributed by atoms with Crippen molar-refractivity contribution < 1.29 is 14.3 Å². The first-order valence-corrected chi connectivity index (χ1v) is 5.81. The summed E-state index contributed by atoms with van der Waals surface area (Å²) in [5.41, 5.74) is 0.338. The second-order valence-electron chi connectivity index (χ2n) is 3.96. The molecular weight excluding hydrogens is 262 g/mol. The Labute approximate surface area is 114 Å². The monoisotopic (exact) mass is 275 g/mol. The number of hydrogen-bond acceptors (Lipinski definition) is 6. The van der Waals surface area contributed by atoms with Gasteiger partial charge >= 0.3 is 5.97 Å². The molecule has 2 heterocycles. The maximum atomic E-state index is 11.9. The highest BCUT2D eigenvalue weighted by Gasteiger charge is 2.17.